The summed E-state index contributed by atoms with van der Waals surface area (Å²) < 4.78 is 1.36. The minimum absolute atomic E-state index is 0.508. The molecule has 2 aliphatic heterocycles. The minimum atomic E-state index is 0.508. The first-order valence-electron chi connectivity index (χ1n) is 8.15. The van der Waals surface area contributed by atoms with E-state index < -0.39 is 0 Å². The lowest BCUT2D eigenvalue weighted by molar-refractivity contribution is -0.961. The van der Waals surface area contributed by atoms with Gasteiger partial charge in [-0.25, -0.2) is 0 Å². The zero-order valence-corrected chi connectivity index (χ0v) is 12.6. The lowest BCUT2D eigenvalue weighted by atomic mass is 9.71. The molecule has 3 aliphatic rings. The first kappa shape index (κ1) is 12.7. The summed E-state index contributed by atoms with van der Waals surface area (Å²) >= 11 is 0. The Balaban J connectivity index is 1.89. The van der Waals surface area contributed by atoms with Crippen molar-refractivity contribution in [2.45, 2.75) is 70.8 Å². The fourth-order valence-electron chi connectivity index (χ4n) is 5.19. The number of rotatable bonds is 2. The number of hydrogen-bond acceptors (Lipinski definition) is 0. The predicted octanol–water partition coefficient (Wildman–Crippen LogP) is 4.29. The summed E-state index contributed by atoms with van der Waals surface area (Å²) in [6.45, 7) is 7.80. The van der Waals surface area contributed by atoms with Crippen molar-refractivity contribution in [1.29, 1.82) is 0 Å². The number of likely N-dealkylation sites (N-methyl/N-ethyl adjacent to an activating group) is 1. The molecule has 1 unspecified atom stereocenters. The van der Waals surface area contributed by atoms with E-state index in [1.54, 1.807) is 0 Å². The third-order valence-corrected chi connectivity index (χ3v) is 6.48. The lowest BCUT2D eigenvalue weighted by Crippen LogP contribution is -2.67. The van der Waals surface area contributed by atoms with Crippen LogP contribution >= 0.6 is 0 Å². The maximum atomic E-state index is 2.59. The quantitative estimate of drug-likeness (QED) is 0.505. The molecule has 0 saturated carbocycles. The normalized spacial score (nSPS) is 43.8. The Labute approximate surface area is 113 Å². The first-order valence-corrected chi connectivity index (χ1v) is 8.15. The second-order valence-electron chi connectivity index (χ2n) is 7.45. The van der Waals surface area contributed by atoms with Crippen LogP contribution in [-0.2, 0) is 0 Å². The molecule has 0 aromatic carbocycles. The molecule has 2 heterocycles. The molecule has 0 aromatic heterocycles. The van der Waals surface area contributed by atoms with Gasteiger partial charge in [-0.15, -0.1) is 0 Å². The summed E-state index contributed by atoms with van der Waals surface area (Å²) in [6.07, 6.45) is 11.4. The molecule has 18 heavy (non-hydrogen) atoms. The van der Waals surface area contributed by atoms with Crippen LogP contribution in [0.5, 0.6) is 0 Å². The van der Waals surface area contributed by atoms with Crippen molar-refractivity contribution in [2.24, 2.45) is 5.92 Å². The Morgan fingerprint density at radius 2 is 2.11 bits per heavy atom. The molecule has 1 saturated heterocycles. The molecule has 0 N–H and O–H groups in total. The molecule has 3 rings (SSSR count). The maximum Gasteiger partial charge on any atom is 0.118 e. The monoisotopic (exact) mass is 248 g/mol. The van der Waals surface area contributed by atoms with Gasteiger partial charge in [-0.2, -0.15) is 0 Å². The Hall–Kier alpha value is -0.300. The summed E-state index contributed by atoms with van der Waals surface area (Å²) in [5.41, 5.74) is 4.27. The molecule has 0 bridgehead atoms. The van der Waals surface area contributed by atoms with Crippen LogP contribution in [0, 0.1) is 5.92 Å². The van der Waals surface area contributed by atoms with Gasteiger partial charge in [-0.05, 0) is 44.6 Å². The van der Waals surface area contributed by atoms with Crippen LogP contribution in [0.25, 0.3) is 0 Å². The van der Waals surface area contributed by atoms with Crippen LogP contribution in [0.1, 0.15) is 65.2 Å². The SMILES string of the molecule is CCC[C@H]1CC[C@@]2(C)C3=C(CCC3)CC[N+]2(C)C1. The second kappa shape index (κ2) is 4.37. The molecular formula is C17H30N+. The van der Waals surface area contributed by atoms with Gasteiger partial charge in [0.2, 0.25) is 0 Å². The van der Waals surface area contributed by atoms with Crippen molar-refractivity contribution in [3.05, 3.63) is 11.1 Å². The average Bonchev–Trinajstić information content (AvgIpc) is 2.81. The standard InChI is InChI=1S/C17H30N/c1-4-6-14-9-11-17(2)16-8-5-7-15(16)10-12-18(17,3)13-14/h14H,4-13H2,1-3H3/q+1/t14-,17-,18?/m0/s1. The van der Waals surface area contributed by atoms with E-state index >= 15 is 0 Å². The van der Waals surface area contributed by atoms with Crippen LogP contribution < -0.4 is 0 Å². The molecule has 1 nitrogen and oxygen atoms in total. The van der Waals surface area contributed by atoms with Gasteiger partial charge in [0.15, 0.2) is 0 Å². The number of nitrogens with zero attached hydrogens (tertiary/aromatic N) is 1. The van der Waals surface area contributed by atoms with E-state index in [2.05, 4.69) is 20.9 Å². The minimum Gasteiger partial charge on any atom is -0.317 e. The largest absolute Gasteiger partial charge is 0.317 e. The second-order valence-corrected chi connectivity index (χ2v) is 7.45. The topological polar surface area (TPSA) is 0 Å². The molecule has 1 aliphatic carbocycles. The average molecular weight is 248 g/mol. The zero-order chi connectivity index (χ0) is 12.8. The molecule has 1 fully saturated rings. The smallest absolute Gasteiger partial charge is 0.118 e. The molecule has 0 radical (unpaired) electrons. The highest BCUT2D eigenvalue weighted by Crippen LogP contribution is 2.51. The van der Waals surface area contributed by atoms with Crippen LogP contribution in [0.4, 0.5) is 0 Å². The summed E-state index contributed by atoms with van der Waals surface area (Å²) in [5, 5.41) is 0. The summed E-state index contributed by atoms with van der Waals surface area (Å²) in [7, 11) is 2.56. The van der Waals surface area contributed by atoms with E-state index in [-0.39, 0.29) is 0 Å². The number of piperidine rings is 1. The van der Waals surface area contributed by atoms with Crippen molar-refractivity contribution in [3.63, 3.8) is 0 Å². The van der Waals surface area contributed by atoms with Gasteiger partial charge in [-0.3, -0.25) is 0 Å². The van der Waals surface area contributed by atoms with Gasteiger partial charge in [0, 0.05) is 18.8 Å². The lowest BCUT2D eigenvalue weighted by Gasteiger charge is -2.57. The van der Waals surface area contributed by atoms with Gasteiger partial charge >= 0.3 is 0 Å². The van der Waals surface area contributed by atoms with E-state index in [0.29, 0.717) is 5.54 Å². The maximum absolute atomic E-state index is 2.59. The van der Waals surface area contributed by atoms with Crippen molar-refractivity contribution in [2.75, 3.05) is 20.1 Å². The first-order chi connectivity index (χ1) is 8.59. The summed E-state index contributed by atoms with van der Waals surface area (Å²) in [5.74, 6) is 0.997. The highest BCUT2D eigenvalue weighted by Gasteiger charge is 2.54. The van der Waals surface area contributed by atoms with E-state index in [0.717, 1.165) is 5.92 Å². The third-order valence-electron chi connectivity index (χ3n) is 6.48. The van der Waals surface area contributed by atoms with Gasteiger partial charge < -0.3 is 4.48 Å². The number of hydrogen-bond donors (Lipinski definition) is 0. The predicted molar refractivity (Wildman–Crippen MR) is 77.4 cm³/mol. The van der Waals surface area contributed by atoms with Crippen molar-refractivity contribution < 1.29 is 4.48 Å². The molecule has 1 heteroatoms. The van der Waals surface area contributed by atoms with Gasteiger partial charge in [0.25, 0.3) is 0 Å². The molecule has 0 amide bonds. The highest BCUT2D eigenvalue weighted by molar-refractivity contribution is 5.30. The van der Waals surface area contributed by atoms with Crippen LogP contribution in [0.15, 0.2) is 11.1 Å². The molecular weight excluding hydrogens is 218 g/mol. The van der Waals surface area contributed by atoms with E-state index in [9.17, 15) is 0 Å². The fraction of sp³-hybridized carbons (Fsp3) is 0.882. The van der Waals surface area contributed by atoms with Gasteiger partial charge in [0.1, 0.15) is 5.54 Å². The Morgan fingerprint density at radius 1 is 1.28 bits per heavy atom. The Morgan fingerprint density at radius 3 is 2.89 bits per heavy atom. The molecule has 0 spiro atoms. The summed E-state index contributed by atoms with van der Waals surface area (Å²) in [4.78, 5) is 0. The fourth-order valence-corrected chi connectivity index (χ4v) is 5.19. The van der Waals surface area contributed by atoms with Crippen molar-refractivity contribution in [1.82, 2.24) is 0 Å². The van der Waals surface area contributed by atoms with Gasteiger partial charge in [0.05, 0.1) is 20.1 Å². The molecule has 3 atom stereocenters. The van der Waals surface area contributed by atoms with E-state index in [1.165, 1.54) is 68.9 Å². The van der Waals surface area contributed by atoms with Crippen molar-refractivity contribution >= 4 is 0 Å². The number of quaternary nitrogens is 1. The molecule has 0 aromatic rings. The van der Waals surface area contributed by atoms with Crippen molar-refractivity contribution in [3.8, 4) is 0 Å². The van der Waals surface area contributed by atoms with Crippen LogP contribution in [-0.4, -0.2) is 30.2 Å². The van der Waals surface area contributed by atoms with Gasteiger partial charge in [-0.1, -0.05) is 18.9 Å². The van der Waals surface area contributed by atoms with Crippen LogP contribution in [0.3, 0.4) is 0 Å². The van der Waals surface area contributed by atoms with E-state index in [4.69, 9.17) is 0 Å². The highest BCUT2D eigenvalue weighted by atomic mass is 15.4. The molecule has 102 valence electrons. The van der Waals surface area contributed by atoms with Crippen LogP contribution in [0.2, 0.25) is 0 Å². The third kappa shape index (κ3) is 1.70. The Kier molecular flexibility index (Phi) is 3.09. The summed E-state index contributed by atoms with van der Waals surface area (Å²) in [6, 6.07) is 0. The zero-order valence-electron chi connectivity index (χ0n) is 12.6. The Bertz CT molecular complexity index is 370. The van der Waals surface area contributed by atoms with E-state index in [1.807, 2.05) is 11.1 Å². The number of fused-ring (bicyclic) bond motifs is 2.